The summed E-state index contributed by atoms with van der Waals surface area (Å²) >= 11 is 0. The highest BCUT2D eigenvalue weighted by Gasteiger charge is 2.24. The van der Waals surface area contributed by atoms with Crippen LogP contribution >= 0.6 is 0 Å². The number of hydrogen-bond acceptors (Lipinski definition) is 3. The topological polar surface area (TPSA) is 49.6 Å². The largest absolute Gasteiger partial charge is 0.375 e. The van der Waals surface area contributed by atoms with Crippen LogP contribution in [-0.4, -0.2) is 33.1 Å². The first-order valence-corrected chi connectivity index (χ1v) is 6.44. The van der Waals surface area contributed by atoms with Crippen LogP contribution in [0.3, 0.4) is 0 Å². The fourth-order valence-electron chi connectivity index (χ4n) is 2.32. The minimum absolute atomic E-state index is 0.174. The number of fused-ring (bicyclic) bond motifs is 1. The molecule has 0 fully saturated rings. The van der Waals surface area contributed by atoms with Crippen LogP contribution in [0.15, 0.2) is 18.2 Å². The number of likely N-dealkylation sites (N-methyl/N-ethyl adjacent to an activating group) is 1. The summed E-state index contributed by atoms with van der Waals surface area (Å²) in [5.74, 6) is 0.174. The predicted molar refractivity (Wildman–Crippen MR) is 75.1 cm³/mol. The van der Waals surface area contributed by atoms with Crippen molar-refractivity contribution in [3.63, 3.8) is 0 Å². The van der Waals surface area contributed by atoms with Gasteiger partial charge in [0.2, 0.25) is 5.91 Å². The molecule has 0 unspecified atom stereocenters. The molecular weight excluding hydrogens is 226 g/mol. The highest BCUT2D eigenvalue weighted by Crippen LogP contribution is 2.31. The van der Waals surface area contributed by atoms with Crippen LogP contribution in [0.2, 0.25) is 0 Å². The number of anilines is 2. The SMILES string of the molecule is CN(CCCCN)c1ccc2c(c1)CC(=O)N2C. The van der Waals surface area contributed by atoms with E-state index in [-0.39, 0.29) is 5.91 Å². The van der Waals surface area contributed by atoms with Crippen LogP contribution < -0.4 is 15.5 Å². The van der Waals surface area contributed by atoms with Crippen LogP contribution in [0.5, 0.6) is 0 Å². The Morgan fingerprint density at radius 2 is 2.17 bits per heavy atom. The lowest BCUT2D eigenvalue weighted by molar-refractivity contribution is -0.117. The van der Waals surface area contributed by atoms with Crippen molar-refractivity contribution < 1.29 is 4.79 Å². The van der Waals surface area contributed by atoms with E-state index in [1.165, 1.54) is 5.69 Å². The summed E-state index contributed by atoms with van der Waals surface area (Å²) in [4.78, 5) is 15.6. The quantitative estimate of drug-likeness (QED) is 0.800. The fraction of sp³-hybridized carbons (Fsp3) is 0.500. The van der Waals surface area contributed by atoms with Gasteiger partial charge < -0.3 is 15.5 Å². The van der Waals surface area contributed by atoms with Gasteiger partial charge in [0.1, 0.15) is 0 Å². The Balaban J connectivity index is 2.08. The molecule has 0 spiro atoms. The molecule has 1 amide bonds. The van der Waals surface area contributed by atoms with E-state index in [2.05, 4.69) is 24.1 Å². The maximum Gasteiger partial charge on any atom is 0.231 e. The number of hydrogen-bond donors (Lipinski definition) is 1. The first kappa shape index (κ1) is 12.9. The summed E-state index contributed by atoms with van der Waals surface area (Å²) in [6.07, 6.45) is 2.68. The standard InChI is InChI=1S/C14H21N3O/c1-16(8-4-3-7-15)12-5-6-13-11(9-12)10-14(18)17(13)2/h5-6,9H,3-4,7-8,10,15H2,1-2H3. The first-order valence-electron chi connectivity index (χ1n) is 6.44. The van der Waals surface area contributed by atoms with Crippen LogP contribution in [0.4, 0.5) is 11.4 Å². The highest BCUT2D eigenvalue weighted by atomic mass is 16.2. The average molecular weight is 247 g/mol. The van der Waals surface area contributed by atoms with Crippen LogP contribution in [-0.2, 0) is 11.2 Å². The molecule has 2 N–H and O–H groups in total. The molecule has 2 rings (SSSR count). The summed E-state index contributed by atoms with van der Waals surface area (Å²) in [5, 5.41) is 0. The summed E-state index contributed by atoms with van der Waals surface area (Å²) in [5.41, 5.74) is 8.84. The Morgan fingerprint density at radius 3 is 2.89 bits per heavy atom. The minimum Gasteiger partial charge on any atom is -0.375 e. The van der Waals surface area contributed by atoms with Crippen molar-refractivity contribution in [3.05, 3.63) is 23.8 Å². The number of nitrogens with zero attached hydrogens (tertiary/aromatic N) is 2. The molecule has 0 radical (unpaired) electrons. The van der Waals surface area contributed by atoms with Gasteiger partial charge in [-0.05, 0) is 43.1 Å². The first-order chi connectivity index (χ1) is 8.63. The number of benzene rings is 1. The third-order valence-corrected chi connectivity index (χ3v) is 3.53. The molecule has 0 bridgehead atoms. The smallest absolute Gasteiger partial charge is 0.231 e. The average Bonchev–Trinajstić information content (AvgIpc) is 2.65. The second kappa shape index (κ2) is 5.40. The molecule has 1 aliphatic heterocycles. The van der Waals surface area contributed by atoms with Crippen LogP contribution in [0.1, 0.15) is 18.4 Å². The van der Waals surface area contributed by atoms with Crippen LogP contribution in [0, 0.1) is 0 Å². The second-order valence-corrected chi connectivity index (χ2v) is 4.86. The zero-order chi connectivity index (χ0) is 13.1. The van der Waals surface area contributed by atoms with Gasteiger partial charge in [-0.15, -0.1) is 0 Å². The number of unbranched alkanes of at least 4 members (excludes halogenated alkanes) is 1. The van der Waals surface area contributed by atoms with Gasteiger partial charge in [-0.3, -0.25) is 4.79 Å². The van der Waals surface area contributed by atoms with E-state index in [1.54, 1.807) is 4.90 Å². The molecule has 1 aromatic rings. The van der Waals surface area contributed by atoms with E-state index in [0.29, 0.717) is 6.42 Å². The molecule has 0 atom stereocenters. The molecule has 0 saturated carbocycles. The number of nitrogens with two attached hydrogens (primary N) is 1. The van der Waals surface area contributed by atoms with Crippen molar-refractivity contribution in [2.24, 2.45) is 5.73 Å². The normalized spacial score (nSPS) is 13.9. The van der Waals surface area contributed by atoms with Crippen molar-refractivity contribution in [1.29, 1.82) is 0 Å². The molecule has 0 aliphatic carbocycles. The zero-order valence-electron chi connectivity index (χ0n) is 11.1. The summed E-state index contributed by atoms with van der Waals surface area (Å²) in [7, 11) is 3.91. The van der Waals surface area contributed by atoms with Crippen molar-refractivity contribution in [2.75, 3.05) is 37.0 Å². The number of carbonyl (C=O) groups is 1. The van der Waals surface area contributed by atoms with Gasteiger partial charge >= 0.3 is 0 Å². The van der Waals surface area contributed by atoms with Crippen molar-refractivity contribution in [2.45, 2.75) is 19.3 Å². The molecule has 18 heavy (non-hydrogen) atoms. The molecule has 4 nitrogen and oxygen atoms in total. The number of amides is 1. The van der Waals surface area contributed by atoms with E-state index in [4.69, 9.17) is 5.73 Å². The molecule has 1 aromatic carbocycles. The molecule has 0 aromatic heterocycles. The second-order valence-electron chi connectivity index (χ2n) is 4.86. The Morgan fingerprint density at radius 1 is 1.39 bits per heavy atom. The Bertz CT molecular complexity index is 445. The van der Waals surface area contributed by atoms with Gasteiger partial charge in [-0.2, -0.15) is 0 Å². The van der Waals surface area contributed by atoms with Gasteiger partial charge in [0, 0.05) is 32.0 Å². The molecule has 0 saturated heterocycles. The highest BCUT2D eigenvalue weighted by molar-refractivity contribution is 6.01. The van der Waals surface area contributed by atoms with Gasteiger partial charge in [-0.1, -0.05) is 0 Å². The maximum atomic E-state index is 11.6. The molecule has 1 heterocycles. The number of rotatable bonds is 5. The Labute approximate surface area is 108 Å². The Kier molecular flexibility index (Phi) is 3.87. The lowest BCUT2D eigenvalue weighted by Gasteiger charge is -2.20. The van der Waals surface area contributed by atoms with E-state index in [9.17, 15) is 4.79 Å². The Hall–Kier alpha value is -1.55. The zero-order valence-corrected chi connectivity index (χ0v) is 11.1. The van der Waals surface area contributed by atoms with Gasteiger partial charge in [-0.25, -0.2) is 0 Å². The molecular formula is C14H21N3O. The van der Waals surface area contributed by atoms with E-state index in [1.807, 2.05) is 13.1 Å². The molecule has 4 heteroatoms. The lowest BCUT2D eigenvalue weighted by atomic mass is 10.1. The lowest BCUT2D eigenvalue weighted by Crippen LogP contribution is -2.20. The monoisotopic (exact) mass is 247 g/mol. The number of carbonyl (C=O) groups excluding carboxylic acids is 1. The molecule has 98 valence electrons. The van der Waals surface area contributed by atoms with E-state index in [0.717, 1.165) is 37.2 Å². The van der Waals surface area contributed by atoms with Gasteiger partial charge in [0.05, 0.1) is 6.42 Å². The summed E-state index contributed by atoms with van der Waals surface area (Å²) in [6.45, 7) is 1.75. The summed E-state index contributed by atoms with van der Waals surface area (Å²) < 4.78 is 0. The maximum absolute atomic E-state index is 11.6. The molecule has 1 aliphatic rings. The fourth-order valence-corrected chi connectivity index (χ4v) is 2.32. The third kappa shape index (κ3) is 2.48. The van der Waals surface area contributed by atoms with E-state index >= 15 is 0 Å². The minimum atomic E-state index is 0.174. The van der Waals surface area contributed by atoms with Gasteiger partial charge in [0.25, 0.3) is 0 Å². The van der Waals surface area contributed by atoms with Crippen molar-refractivity contribution in [3.8, 4) is 0 Å². The van der Waals surface area contributed by atoms with Crippen LogP contribution in [0.25, 0.3) is 0 Å². The van der Waals surface area contributed by atoms with Crippen molar-refractivity contribution >= 4 is 17.3 Å². The predicted octanol–water partition coefficient (Wildman–Crippen LogP) is 1.38. The van der Waals surface area contributed by atoms with Gasteiger partial charge in [0.15, 0.2) is 0 Å². The van der Waals surface area contributed by atoms with Crippen molar-refractivity contribution in [1.82, 2.24) is 0 Å². The van der Waals surface area contributed by atoms with E-state index < -0.39 is 0 Å². The summed E-state index contributed by atoms with van der Waals surface area (Å²) in [6, 6.07) is 6.24. The third-order valence-electron chi connectivity index (χ3n) is 3.53.